The van der Waals surface area contributed by atoms with Gasteiger partial charge in [0.25, 0.3) is 0 Å². The zero-order valence-electron chi connectivity index (χ0n) is 20.0. The fourth-order valence-electron chi connectivity index (χ4n) is 4.41. The Morgan fingerprint density at radius 3 is 2.50 bits per heavy atom. The predicted octanol–water partition coefficient (Wildman–Crippen LogP) is 4.56. The van der Waals surface area contributed by atoms with E-state index in [1.807, 2.05) is 6.07 Å². The van der Waals surface area contributed by atoms with Gasteiger partial charge in [0.05, 0.1) is 22.1 Å². The molecule has 0 spiro atoms. The Balaban J connectivity index is 1.23. The Kier molecular flexibility index (Phi) is 7.27. The van der Waals surface area contributed by atoms with Crippen LogP contribution in [0.3, 0.4) is 0 Å². The maximum Gasteiger partial charge on any atom is 0.338 e. The molecule has 0 saturated carbocycles. The average Bonchev–Trinajstić information content (AvgIpc) is 3.49. The molecule has 2 aromatic carbocycles. The number of esters is 1. The third kappa shape index (κ3) is 5.19. The summed E-state index contributed by atoms with van der Waals surface area (Å²) in [4.78, 5) is 56.2. The smallest absolute Gasteiger partial charge is 0.338 e. The molecule has 38 heavy (non-hydrogen) atoms. The van der Waals surface area contributed by atoms with E-state index in [1.54, 1.807) is 24.3 Å². The molecule has 1 saturated heterocycles. The molecule has 1 fully saturated rings. The number of aryl methyl sites for hydroxylation is 2. The van der Waals surface area contributed by atoms with Crippen molar-refractivity contribution < 1.29 is 23.9 Å². The Bertz CT molecular complexity index is 1500. The first-order valence-corrected chi connectivity index (χ1v) is 13.1. The number of ketones is 1. The minimum Gasteiger partial charge on any atom is -0.454 e. The van der Waals surface area contributed by atoms with Crippen molar-refractivity contribution >= 4 is 52.6 Å². The van der Waals surface area contributed by atoms with Crippen LogP contribution in [0.25, 0.3) is 0 Å². The van der Waals surface area contributed by atoms with Crippen molar-refractivity contribution in [3.8, 4) is 6.07 Å². The van der Waals surface area contributed by atoms with Crippen LogP contribution in [0.4, 0.5) is 5.69 Å². The number of hydrogen-bond donors (Lipinski definition) is 0. The van der Waals surface area contributed by atoms with Crippen LogP contribution in [-0.4, -0.2) is 40.4 Å². The summed E-state index contributed by atoms with van der Waals surface area (Å²) in [6.45, 7) is -0.439. The van der Waals surface area contributed by atoms with Crippen molar-refractivity contribution in [3.05, 3.63) is 87.6 Å². The number of Topliss-reactive ketones (excluding diaryl/α,β-unsaturated/α-hetero) is 1. The molecule has 0 N–H and O–H groups in total. The van der Waals surface area contributed by atoms with Gasteiger partial charge in [0.2, 0.25) is 11.8 Å². The van der Waals surface area contributed by atoms with Gasteiger partial charge in [-0.3, -0.25) is 14.4 Å². The number of benzene rings is 2. The first-order chi connectivity index (χ1) is 18.3. The molecular weight excluding hydrogens is 526 g/mol. The van der Waals surface area contributed by atoms with Gasteiger partial charge in [-0.25, -0.2) is 14.7 Å². The lowest BCUT2D eigenvalue weighted by molar-refractivity contribution is -0.121. The SMILES string of the molecule is N#Cc1cc2c(nc1SC1CC(=O)N(c3ccc(C(=O)OCC(=O)c4ccc(Cl)cc4)cc3)C1=O)CCC2. The maximum atomic E-state index is 13.1. The summed E-state index contributed by atoms with van der Waals surface area (Å²) in [5.74, 6) is -1.87. The lowest BCUT2D eigenvalue weighted by atomic mass is 10.1. The van der Waals surface area contributed by atoms with Crippen molar-refractivity contribution in [3.63, 3.8) is 0 Å². The zero-order valence-corrected chi connectivity index (χ0v) is 21.6. The summed E-state index contributed by atoms with van der Waals surface area (Å²) in [5, 5.41) is 9.80. The third-order valence-corrected chi connectivity index (χ3v) is 7.80. The monoisotopic (exact) mass is 545 g/mol. The van der Waals surface area contributed by atoms with Crippen LogP contribution in [0, 0.1) is 11.3 Å². The molecule has 1 atom stereocenters. The zero-order chi connectivity index (χ0) is 26.8. The van der Waals surface area contributed by atoms with E-state index in [4.69, 9.17) is 16.3 Å². The molecule has 2 heterocycles. The van der Waals surface area contributed by atoms with Crippen LogP contribution in [0.15, 0.2) is 59.6 Å². The highest BCUT2D eigenvalue weighted by Gasteiger charge is 2.41. The number of nitriles is 1. The summed E-state index contributed by atoms with van der Waals surface area (Å²) < 4.78 is 5.11. The average molecular weight is 546 g/mol. The standard InChI is InChI=1S/C28H20ClN3O5S/c29-20-8-4-16(5-9-20)23(33)15-37-28(36)17-6-10-21(11-7-17)32-25(34)13-24(27(32)35)38-26-19(14-30)12-18-2-1-3-22(18)31-26/h4-12,24H,1-3,13,15H2. The molecule has 5 rings (SSSR count). The predicted molar refractivity (Wildman–Crippen MR) is 140 cm³/mol. The van der Waals surface area contributed by atoms with Crippen molar-refractivity contribution in [2.75, 3.05) is 11.5 Å². The summed E-state index contributed by atoms with van der Waals surface area (Å²) in [6, 6.07) is 16.0. The van der Waals surface area contributed by atoms with Crippen molar-refractivity contribution in [2.24, 2.45) is 0 Å². The Morgan fingerprint density at radius 2 is 1.79 bits per heavy atom. The summed E-state index contributed by atoms with van der Waals surface area (Å²) >= 11 is 6.95. The van der Waals surface area contributed by atoms with E-state index in [0.717, 1.165) is 47.2 Å². The van der Waals surface area contributed by atoms with E-state index in [2.05, 4.69) is 11.1 Å². The van der Waals surface area contributed by atoms with Crippen LogP contribution in [0.5, 0.6) is 0 Å². The lowest BCUT2D eigenvalue weighted by Crippen LogP contribution is -2.31. The second kappa shape index (κ2) is 10.8. The highest BCUT2D eigenvalue weighted by molar-refractivity contribution is 8.00. The van der Waals surface area contributed by atoms with Gasteiger partial charge in [-0.1, -0.05) is 23.4 Å². The molecule has 3 aromatic rings. The van der Waals surface area contributed by atoms with Crippen molar-refractivity contribution in [1.82, 2.24) is 4.98 Å². The number of anilines is 1. The van der Waals surface area contributed by atoms with Gasteiger partial charge in [0, 0.05) is 22.7 Å². The van der Waals surface area contributed by atoms with E-state index in [-0.39, 0.29) is 23.7 Å². The molecule has 0 radical (unpaired) electrons. The topological polar surface area (TPSA) is 117 Å². The fourth-order valence-corrected chi connectivity index (χ4v) is 5.63. The van der Waals surface area contributed by atoms with Crippen LogP contribution in [0.1, 0.15) is 50.4 Å². The summed E-state index contributed by atoms with van der Waals surface area (Å²) in [7, 11) is 0. The summed E-state index contributed by atoms with van der Waals surface area (Å²) in [6.07, 6.45) is 2.68. The minimum absolute atomic E-state index is 0.0241. The van der Waals surface area contributed by atoms with E-state index in [0.29, 0.717) is 26.9 Å². The fraction of sp³-hybridized carbons (Fsp3) is 0.214. The number of carbonyl (C=O) groups is 4. The van der Waals surface area contributed by atoms with Gasteiger partial charge in [-0.2, -0.15) is 5.26 Å². The minimum atomic E-state index is -0.710. The molecule has 1 aliphatic carbocycles. The molecule has 2 aliphatic rings. The number of ether oxygens (including phenoxy) is 1. The lowest BCUT2D eigenvalue weighted by Gasteiger charge is -2.15. The molecular formula is C28H20ClN3O5S. The molecule has 190 valence electrons. The number of rotatable bonds is 7. The van der Waals surface area contributed by atoms with Gasteiger partial charge in [-0.05, 0) is 79.4 Å². The number of halogens is 1. The quantitative estimate of drug-likeness (QED) is 0.241. The van der Waals surface area contributed by atoms with Gasteiger partial charge in [0.15, 0.2) is 12.4 Å². The number of hydrogen-bond acceptors (Lipinski definition) is 8. The Labute approximate surface area is 227 Å². The molecule has 1 aliphatic heterocycles. The highest BCUT2D eigenvalue weighted by atomic mass is 35.5. The van der Waals surface area contributed by atoms with E-state index in [9.17, 15) is 24.4 Å². The van der Waals surface area contributed by atoms with Crippen LogP contribution < -0.4 is 4.90 Å². The van der Waals surface area contributed by atoms with Gasteiger partial charge in [-0.15, -0.1) is 0 Å². The largest absolute Gasteiger partial charge is 0.454 e. The Hall–Kier alpha value is -4.00. The third-order valence-electron chi connectivity index (χ3n) is 6.36. The number of carbonyl (C=O) groups excluding carboxylic acids is 4. The molecule has 1 unspecified atom stereocenters. The Morgan fingerprint density at radius 1 is 1.08 bits per heavy atom. The van der Waals surface area contributed by atoms with Crippen molar-refractivity contribution in [2.45, 2.75) is 36.0 Å². The number of pyridine rings is 1. The second-order valence-electron chi connectivity index (χ2n) is 8.84. The van der Waals surface area contributed by atoms with E-state index >= 15 is 0 Å². The first kappa shape index (κ1) is 25.6. The number of amides is 2. The van der Waals surface area contributed by atoms with Crippen LogP contribution >= 0.6 is 23.4 Å². The highest BCUT2D eigenvalue weighted by Crippen LogP contribution is 2.36. The molecule has 10 heteroatoms. The van der Waals surface area contributed by atoms with Gasteiger partial charge in [0.1, 0.15) is 11.1 Å². The molecule has 8 nitrogen and oxygen atoms in total. The number of nitrogens with zero attached hydrogens (tertiary/aromatic N) is 3. The number of thioether (sulfide) groups is 1. The number of aromatic nitrogens is 1. The van der Waals surface area contributed by atoms with Gasteiger partial charge < -0.3 is 4.74 Å². The van der Waals surface area contributed by atoms with Crippen LogP contribution in [-0.2, 0) is 27.2 Å². The van der Waals surface area contributed by atoms with Crippen LogP contribution in [0.2, 0.25) is 5.02 Å². The number of fused-ring (bicyclic) bond motifs is 1. The number of imide groups is 1. The van der Waals surface area contributed by atoms with E-state index in [1.165, 1.54) is 24.3 Å². The normalized spacial score (nSPS) is 16.3. The maximum absolute atomic E-state index is 13.1. The molecule has 2 amide bonds. The summed E-state index contributed by atoms with van der Waals surface area (Å²) in [5.41, 5.74) is 3.27. The molecule has 1 aromatic heterocycles. The van der Waals surface area contributed by atoms with E-state index < -0.39 is 23.7 Å². The first-order valence-electron chi connectivity index (χ1n) is 11.9. The molecule has 0 bridgehead atoms. The second-order valence-corrected chi connectivity index (χ2v) is 10.5. The van der Waals surface area contributed by atoms with Gasteiger partial charge >= 0.3 is 5.97 Å². The van der Waals surface area contributed by atoms with Crippen molar-refractivity contribution in [1.29, 1.82) is 5.26 Å².